The van der Waals surface area contributed by atoms with Gasteiger partial charge in [0.1, 0.15) is 4.49 Å². The van der Waals surface area contributed by atoms with Gasteiger partial charge >= 0.3 is 0 Å². The Labute approximate surface area is 87.9 Å². The maximum absolute atomic E-state index is 5.68. The topological polar surface area (TPSA) is 9.23 Å². The molecule has 13 heavy (non-hydrogen) atoms. The number of hydrogen-bond donors (Lipinski definition) is 0. The van der Waals surface area contributed by atoms with Crippen molar-refractivity contribution in [3.05, 3.63) is 40.4 Å². The number of ether oxygens (including phenoxy) is 1. The molecule has 0 heterocycles. The minimum absolute atomic E-state index is 0.160. The molecule has 0 aliphatic carbocycles. The van der Waals surface area contributed by atoms with Crippen LogP contribution in [0.1, 0.15) is 12.5 Å². The Bertz CT molecular complexity index is 289. The SMILES string of the molecule is CCOC(=C(Cl)Cl)c1ccccc1. The first kappa shape index (κ1) is 10.4. The summed E-state index contributed by atoms with van der Waals surface area (Å²) in [4.78, 5) is 0. The van der Waals surface area contributed by atoms with Crippen molar-refractivity contribution in [1.82, 2.24) is 0 Å². The van der Waals surface area contributed by atoms with E-state index in [1.165, 1.54) is 0 Å². The average molecular weight is 217 g/mol. The third-order valence-corrected chi connectivity index (χ3v) is 1.84. The monoisotopic (exact) mass is 216 g/mol. The molecular formula is C10H10Cl2O. The highest BCUT2D eigenvalue weighted by Gasteiger charge is 2.05. The van der Waals surface area contributed by atoms with Crippen LogP contribution in [-0.2, 0) is 4.74 Å². The summed E-state index contributed by atoms with van der Waals surface area (Å²) in [5, 5.41) is 0. The van der Waals surface area contributed by atoms with Gasteiger partial charge in [0, 0.05) is 5.56 Å². The molecule has 0 radical (unpaired) electrons. The van der Waals surface area contributed by atoms with E-state index in [-0.39, 0.29) is 4.49 Å². The van der Waals surface area contributed by atoms with Crippen LogP contribution < -0.4 is 0 Å². The van der Waals surface area contributed by atoms with Crippen molar-refractivity contribution in [3.8, 4) is 0 Å². The maximum Gasteiger partial charge on any atom is 0.156 e. The first-order valence-electron chi connectivity index (χ1n) is 3.99. The van der Waals surface area contributed by atoms with Crippen LogP contribution in [0.15, 0.2) is 34.8 Å². The molecule has 0 aliphatic heterocycles. The highest BCUT2D eigenvalue weighted by atomic mass is 35.5. The summed E-state index contributed by atoms with van der Waals surface area (Å²) < 4.78 is 5.47. The average Bonchev–Trinajstić information content (AvgIpc) is 2.15. The Morgan fingerprint density at radius 2 is 1.85 bits per heavy atom. The van der Waals surface area contributed by atoms with Crippen molar-refractivity contribution in [2.45, 2.75) is 6.92 Å². The number of rotatable bonds is 3. The van der Waals surface area contributed by atoms with Crippen LogP contribution in [-0.4, -0.2) is 6.61 Å². The maximum atomic E-state index is 5.68. The molecule has 1 rings (SSSR count). The largest absolute Gasteiger partial charge is 0.491 e. The second kappa shape index (κ2) is 5.15. The van der Waals surface area contributed by atoms with Gasteiger partial charge in [-0.3, -0.25) is 0 Å². The Kier molecular flexibility index (Phi) is 4.13. The second-order valence-corrected chi connectivity index (χ2v) is 3.34. The van der Waals surface area contributed by atoms with Gasteiger partial charge < -0.3 is 4.74 Å². The molecule has 0 amide bonds. The van der Waals surface area contributed by atoms with Crippen LogP contribution in [0.4, 0.5) is 0 Å². The smallest absolute Gasteiger partial charge is 0.156 e. The summed E-state index contributed by atoms with van der Waals surface area (Å²) in [7, 11) is 0. The lowest BCUT2D eigenvalue weighted by Crippen LogP contribution is -1.91. The summed E-state index contributed by atoms with van der Waals surface area (Å²) in [6.07, 6.45) is 0. The number of halogens is 2. The van der Waals surface area contributed by atoms with Crippen molar-refractivity contribution < 1.29 is 4.74 Å². The fraction of sp³-hybridized carbons (Fsp3) is 0.200. The molecule has 0 aromatic heterocycles. The van der Waals surface area contributed by atoms with E-state index >= 15 is 0 Å². The van der Waals surface area contributed by atoms with Crippen molar-refractivity contribution in [1.29, 1.82) is 0 Å². The highest BCUT2D eigenvalue weighted by molar-refractivity contribution is 6.58. The van der Waals surface area contributed by atoms with Gasteiger partial charge in [0.15, 0.2) is 5.76 Å². The van der Waals surface area contributed by atoms with Gasteiger partial charge in [-0.2, -0.15) is 0 Å². The summed E-state index contributed by atoms with van der Waals surface area (Å²) in [6, 6.07) is 9.54. The molecule has 1 aromatic rings. The Morgan fingerprint density at radius 3 is 2.31 bits per heavy atom. The van der Waals surface area contributed by atoms with Crippen molar-refractivity contribution >= 4 is 29.0 Å². The molecule has 1 nitrogen and oxygen atoms in total. The van der Waals surface area contributed by atoms with Gasteiger partial charge in [-0.15, -0.1) is 0 Å². The summed E-state index contributed by atoms with van der Waals surface area (Å²) in [6.45, 7) is 2.44. The van der Waals surface area contributed by atoms with Crippen molar-refractivity contribution in [2.75, 3.05) is 6.61 Å². The molecular weight excluding hydrogens is 207 g/mol. The van der Waals surface area contributed by atoms with E-state index in [1.807, 2.05) is 37.3 Å². The molecule has 3 heteroatoms. The van der Waals surface area contributed by atoms with Gasteiger partial charge in [-0.1, -0.05) is 53.5 Å². The van der Waals surface area contributed by atoms with Crippen molar-refractivity contribution in [3.63, 3.8) is 0 Å². The third-order valence-electron chi connectivity index (χ3n) is 1.50. The van der Waals surface area contributed by atoms with E-state index in [4.69, 9.17) is 27.9 Å². The van der Waals surface area contributed by atoms with Gasteiger partial charge in [0.2, 0.25) is 0 Å². The third kappa shape index (κ3) is 2.94. The predicted molar refractivity (Wildman–Crippen MR) is 56.7 cm³/mol. The van der Waals surface area contributed by atoms with E-state index in [1.54, 1.807) is 0 Å². The Balaban J connectivity index is 2.97. The first-order chi connectivity index (χ1) is 6.25. The zero-order valence-corrected chi connectivity index (χ0v) is 8.77. The molecule has 0 unspecified atom stereocenters. The normalized spacial score (nSPS) is 9.46. The summed E-state index contributed by atoms with van der Waals surface area (Å²) in [5.41, 5.74) is 0.893. The van der Waals surface area contributed by atoms with Crippen LogP contribution >= 0.6 is 23.2 Å². The number of benzene rings is 1. The first-order valence-corrected chi connectivity index (χ1v) is 4.74. The molecule has 0 N–H and O–H groups in total. The Morgan fingerprint density at radius 1 is 1.23 bits per heavy atom. The predicted octanol–water partition coefficient (Wildman–Crippen LogP) is 3.83. The highest BCUT2D eigenvalue weighted by Crippen LogP contribution is 2.24. The van der Waals surface area contributed by atoms with E-state index in [0.717, 1.165) is 5.56 Å². The van der Waals surface area contributed by atoms with Crippen LogP contribution in [0.2, 0.25) is 0 Å². The van der Waals surface area contributed by atoms with E-state index < -0.39 is 0 Å². The Hall–Kier alpha value is -0.660. The second-order valence-electron chi connectivity index (χ2n) is 2.39. The quantitative estimate of drug-likeness (QED) is 0.699. The van der Waals surface area contributed by atoms with Crippen LogP contribution in [0.5, 0.6) is 0 Å². The lowest BCUT2D eigenvalue weighted by molar-refractivity contribution is 0.298. The van der Waals surface area contributed by atoms with E-state index in [2.05, 4.69) is 0 Å². The molecule has 0 atom stereocenters. The molecule has 70 valence electrons. The fourth-order valence-electron chi connectivity index (χ4n) is 0.981. The van der Waals surface area contributed by atoms with E-state index in [0.29, 0.717) is 12.4 Å². The van der Waals surface area contributed by atoms with Gasteiger partial charge in [0.25, 0.3) is 0 Å². The lowest BCUT2D eigenvalue weighted by atomic mass is 10.2. The molecule has 0 aliphatic rings. The standard InChI is InChI=1S/C10H10Cl2O/c1-2-13-9(10(11)12)8-6-4-3-5-7-8/h3-7H,2H2,1H3. The fourth-order valence-corrected chi connectivity index (χ4v) is 1.31. The van der Waals surface area contributed by atoms with Gasteiger partial charge in [-0.05, 0) is 6.92 Å². The minimum atomic E-state index is 0.160. The molecule has 0 fully saturated rings. The molecule has 0 spiro atoms. The number of hydrogen-bond acceptors (Lipinski definition) is 1. The molecule has 0 saturated carbocycles. The van der Waals surface area contributed by atoms with E-state index in [9.17, 15) is 0 Å². The molecule has 0 bridgehead atoms. The summed E-state index contributed by atoms with van der Waals surface area (Å²) >= 11 is 11.4. The van der Waals surface area contributed by atoms with Crippen LogP contribution in [0.3, 0.4) is 0 Å². The summed E-state index contributed by atoms with van der Waals surface area (Å²) in [5.74, 6) is 0.534. The molecule has 0 saturated heterocycles. The van der Waals surface area contributed by atoms with Crippen LogP contribution in [0.25, 0.3) is 5.76 Å². The lowest BCUT2D eigenvalue weighted by Gasteiger charge is -2.08. The zero-order chi connectivity index (χ0) is 9.68. The minimum Gasteiger partial charge on any atom is -0.491 e. The van der Waals surface area contributed by atoms with Crippen LogP contribution in [0, 0.1) is 0 Å². The van der Waals surface area contributed by atoms with Crippen molar-refractivity contribution in [2.24, 2.45) is 0 Å². The zero-order valence-electron chi connectivity index (χ0n) is 7.26. The van der Waals surface area contributed by atoms with Gasteiger partial charge in [0.05, 0.1) is 6.61 Å². The van der Waals surface area contributed by atoms with Gasteiger partial charge in [-0.25, -0.2) is 0 Å². The molecule has 1 aromatic carbocycles.